The highest BCUT2D eigenvalue weighted by Gasteiger charge is 2.32. The zero-order valence-corrected chi connectivity index (χ0v) is 8.73. The van der Waals surface area contributed by atoms with E-state index in [0.717, 1.165) is 4.90 Å². The standard InChI is InChI=1S/C10H15NO4/c1-2-3-8(12)11-6-7(10(14)15)4-5-9(11)13/h7H,2-6H2,1H3,(H,14,15). The van der Waals surface area contributed by atoms with Crippen molar-refractivity contribution in [3.8, 4) is 0 Å². The molecule has 5 nitrogen and oxygen atoms in total. The van der Waals surface area contributed by atoms with Crippen molar-refractivity contribution in [2.75, 3.05) is 6.54 Å². The van der Waals surface area contributed by atoms with Gasteiger partial charge in [0.25, 0.3) is 0 Å². The van der Waals surface area contributed by atoms with Gasteiger partial charge in [-0.2, -0.15) is 0 Å². The van der Waals surface area contributed by atoms with Crippen LogP contribution < -0.4 is 0 Å². The number of nitrogens with zero attached hydrogens (tertiary/aromatic N) is 1. The molecule has 2 amide bonds. The monoisotopic (exact) mass is 213 g/mol. The quantitative estimate of drug-likeness (QED) is 0.746. The number of rotatable bonds is 3. The van der Waals surface area contributed by atoms with E-state index < -0.39 is 11.9 Å². The maximum atomic E-state index is 11.5. The Morgan fingerprint density at radius 1 is 1.53 bits per heavy atom. The fraction of sp³-hybridized carbons (Fsp3) is 0.700. The van der Waals surface area contributed by atoms with Gasteiger partial charge in [-0.3, -0.25) is 19.3 Å². The van der Waals surface area contributed by atoms with Gasteiger partial charge in [-0.15, -0.1) is 0 Å². The van der Waals surface area contributed by atoms with Crippen LogP contribution in [0.4, 0.5) is 0 Å². The molecule has 0 aliphatic carbocycles. The number of amides is 2. The smallest absolute Gasteiger partial charge is 0.308 e. The van der Waals surface area contributed by atoms with Crippen LogP contribution in [0.3, 0.4) is 0 Å². The van der Waals surface area contributed by atoms with Gasteiger partial charge in [0, 0.05) is 19.4 Å². The van der Waals surface area contributed by atoms with Gasteiger partial charge in [-0.05, 0) is 12.8 Å². The van der Waals surface area contributed by atoms with Crippen molar-refractivity contribution in [1.29, 1.82) is 0 Å². The molecule has 5 heteroatoms. The van der Waals surface area contributed by atoms with Crippen LogP contribution >= 0.6 is 0 Å². The molecule has 0 aromatic rings. The number of carbonyl (C=O) groups excluding carboxylic acids is 2. The second-order valence-corrected chi connectivity index (χ2v) is 3.72. The fourth-order valence-electron chi connectivity index (χ4n) is 1.64. The van der Waals surface area contributed by atoms with Gasteiger partial charge < -0.3 is 5.11 Å². The van der Waals surface area contributed by atoms with Gasteiger partial charge in [0.05, 0.1) is 5.92 Å². The molecule has 1 unspecified atom stereocenters. The van der Waals surface area contributed by atoms with E-state index in [9.17, 15) is 14.4 Å². The van der Waals surface area contributed by atoms with Crippen molar-refractivity contribution in [1.82, 2.24) is 4.90 Å². The summed E-state index contributed by atoms with van der Waals surface area (Å²) in [5.41, 5.74) is 0. The first-order chi connectivity index (χ1) is 7.06. The summed E-state index contributed by atoms with van der Waals surface area (Å²) in [7, 11) is 0. The molecule has 0 aromatic heterocycles. The minimum absolute atomic E-state index is 0.0347. The number of carbonyl (C=O) groups is 3. The molecule has 1 saturated heterocycles. The zero-order chi connectivity index (χ0) is 11.4. The number of piperidine rings is 1. The van der Waals surface area contributed by atoms with Crippen LogP contribution in [0.25, 0.3) is 0 Å². The summed E-state index contributed by atoms with van der Waals surface area (Å²) < 4.78 is 0. The Bertz CT molecular complexity index is 287. The van der Waals surface area contributed by atoms with E-state index in [4.69, 9.17) is 5.11 Å². The summed E-state index contributed by atoms with van der Waals surface area (Å²) in [6, 6.07) is 0. The van der Waals surface area contributed by atoms with Crippen molar-refractivity contribution in [3.05, 3.63) is 0 Å². The van der Waals surface area contributed by atoms with Crippen LogP contribution in [0.2, 0.25) is 0 Å². The number of carboxylic acids is 1. The first-order valence-electron chi connectivity index (χ1n) is 5.12. The average Bonchev–Trinajstić information content (AvgIpc) is 2.18. The van der Waals surface area contributed by atoms with Crippen LogP contribution in [0.15, 0.2) is 0 Å². The Morgan fingerprint density at radius 2 is 2.20 bits per heavy atom. The molecule has 1 aliphatic rings. The maximum Gasteiger partial charge on any atom is 0.308 e. The number of likely N-dealkylation sites (tertiary alicyclic amines) is 1. The molecule has 1 rings (SSSR count). The number of aliphatic carboxylic acids is 1. The third kappa shape index (κ3) is 2.78. The molecule has 84 valence electrons. The second-order valence-electron chi connectivity index (χ2n) is 3.72. The minimum atomic E-state index is -0.934. The lowest BCUT2D eigenvalue weighted by molar-refractivity contribution is -0.152. The molecule has 1 N–H and O–H groups in total. The first-order valence-corrected chi connectivity index (χ1v) is 5.12. The zero-order valence-electron chi connectivity index (χ0n) is 8.73. The van der Waals surface area contributed by atoms with Gasteiger partial charge in [0.15, 0.2) is 0 Å². The molecule has 0 bridgehead atoms. The number of carboxylic acid groups (broad SMARTS) is 1. The number of hydrogen-bond acceptors (Lipinski definition) is 3. The highest BCUT2D eigenvalue weighted by Crippen LogP contribution is 2.18. The van der Waals surface area contributed by atoms with E-state index in [1.54, 1.807) is 0 Å². The van der Waals surface area contributed by atoms with Crippen molar-refractivity contribution in [2.24, 2.45) is 5.92 Å². The molecule has 1 heterocycles. The van der Waals surface area contributed by atoms with E-state index in [1.807, 2.05) is 6.92 Å². The van der Waals surface area contributed by atoms with E-state index in [2.05, 4.69) is 0 Å². The van der Waals surface area contributed by atoms with Crippen LogP contribution in [0, 0.1) is 5.92 Å². The summed E-state index contributed by atoms with van der Waals surface area (Å²) in [6.07, 6.45) is 1.47. The van der Waals surface area contributed by atoms with Gasteiger partial charge in [0.2, 0.25) is 11.8 Å². The number of imide groups is 1. The van der Waals surface area contributed by atoms with Crippen LogP contribution in [0.1, 0.15) is 32.6 Å². The van der Waals surface area contributed by atoms with Crippen LogP contribution in [0.5, 0.6) is 0 Å². The minimum Gasteiger partial charge on any atom is -0.481 e. The Balaban J connectivity index is 2.65. The van der Waals surface area contributed by atoms with E-state index in [-0.39, 0.29) is 24.8 Å². The van der Waals surface area contributed by atoms with E-state index >= 15 is 0 Å². The summed E-state index contributed by atoms with van der Waals surface area (Å²) >= 11 is 0. The second kappa shape index (κ2) is 4.91. The van der Waals surface area contributed by atoms with Crippen molar-refractivity contribution >= 4 is 17.8 Å². The molecule has 1 fully saturated rings. The molecular formula is C10H15NO4. The highest BCUT2D eigenvalue weighted by atomic mass is 16.4. The first kappa shape index (κ1) is 11.7. The lowest BCUT2D eigenvalue weighted by Crippen LogP contribution is -2.45. The van der Waals surface area contributed by atoms with E-state index in [0.29, 0.717) is 19.3 Å². The molecule has 1 atom stereocenters. The normalized spacial score (nSPS) is 21.5. The summed E-state index contributed by atoms with van der Waals surface area (Å²) in [4.78, 5) is 34.7. The summed E-state index contributed by atoms with van der Waals surface area (Å²) in [5, 5.41) is 8.80. The Labute approximate surface area is 88.1 Å². The van der Waals surface area contributed by atoms with E-state index in [1.165, 1.54) is 0 Å². The summed E-state index contributed by atoms with van der Waals surface area (Å²) in [6.45, 7) is 1.88. The average molecular weight is 213 g/mol. The van der Waals surface area contributed by atoms with Crippen LogP contribution in [-0.4, -0.2) is 34.3 Å². The molecular weight excluding hydrogens is 198 g/mol. The molecule has 0 spiro atoms. The molecule has 0 aromatic carbocycles. The SMILES string of the molecule is CCCC(=O)N1CC(C(=O)O)CCC1=O. The maximum absolute atomic E-state index is 11.5. The van der Waals surface area contributed by atoms with Crippen molar-refractivity contribution in [3.63, 3.8) is 0 Å². The molecule has 0 saturated carbocycles. The predicted octanol–water partition coefficient (Wildman–Crippen LogP) is 0.636. The van der Waals surface area contributed by atoms with Gasteiger partial charge in [-0.25, -0.2) is 0 Å². The number of hydrogen-bond donors (Lipinski definition) is 1. The largest absolute Gasteiger partial charge is 0.481 e. The predicted molar refractivity (Wildman–Crippen MR) is 52.0 cm³/mol. The van der Waals surface area contributed by atoms with Crippen molar-refractivity contribution < 1.29 is 19.5 Å². The Morgan fingerprint density at radius 3 is 2.73 bits per heavy atom. The third-order valence-corrected chi connectivity index (χ3v) is 2.52. The lowest BCUT2D eigenvalue weighted by Gasteiger charge is -2.28. The summed E-state index contributed by atoms with van der Waals surface area (Å²) in [5.74, 6) is -2.03. The molecule has 15 heavy (non-hydrogen) atoms. The Kier molecular flexibility index (Phi) is 3.82. The van der Waals surface area contributed by atoms with Gasteiger partial charge >= 0.3 is 5.97 Å². The third-order valence-electron chi connectivity index (χ3n) is 2.52. The van der Waals surface area contributed by atoms with Gasteiger partial charge in [-0.1, -0.05) is 6.92 Å². The van der Waals surface area contributed by atoms with Gasteiger partial charge in [0.1, 0.15) is 0 Å². The Hall–Kier alpha value is -1.39. The molecule has 1 aliphatic heterocycles. The molecule has 0 radical (unpaired) electrons. The van der Waals surface area contributed by atoms with Crippen LogP contribution in [-0.2, 0) is 14.4 Å². The lowest BCUT2D eigenvalue weighted by atomic mass is 9.97. The fourth-order valence-corrected chi connectivity index (χ4v) is 1.64. The topological polar surface area (TPSA) is 74.7 Å². The highest BCUT2D eigenvalue weighted by molar-refractivity contribution is 5.96. The van der Waals surface area contributed by atoms with Crippen molar-refractivity contribution in [2.45, 2.75) is 32.6 Å².